The standard InChI is InChI=1S/C13H19N3O2.C7H11N3.C2H7N.C2H4/c1-4-9-7-10(5-6-11(9)15-2)13(16-3)18-12(14)8-17;1-2-10-7-3-4-9-5-6(7)8;1-2-3;1-2/h5-8,13-16H,4H2,1-3H3;3-5H,2,8H2,1H3,(H,9,10);2-3H2,1H3;1-2H2. The lowest BCUT2D eigenvalue weighted by Crippen LogP contribution is -2.23. The van der Waals surface area contributed by atoms with Crippen LogP contribution in [0.5, 0.6) is 0 Å². The number of aromatic nitrogens is 1. The van der Waals surface area contributed by atoms with Gasteiger partial charge in [-0.25, -0.2) is 0 Å². The Kier molecular flexibility index (Phi) is 19.7. The average Bonchev–Trinajstić information content (AvgIpc) is 2.85. The molecule has 2 rings (SSSR count). The number of aldehydes is 1. The van der Waals surface area contributed by atoms with Gasteiger partial charge in [-0.2, -0.15) is 0 Å². The van der Waals surface area contributed by atoms with Gasteiger partial charge >= 0.3 is 0 Å². The maximum atomic E-state index is 10.4. The molecule has 0 aliphatic heterocycles. The monoisotopic (exact) mass is 459 g/mol. The van der Waals surface area contributed by atoms with Crippen LogP contribution in [0.3, 0.4) is 0 Å². The predicted octanol–water partition coefficient (Wildman–Crippen LogP) is 3.56. The van der Waals surface area contributed by atoms with Crippen molar-refractivity contribution in [2.24, 2.45) is 5.73 Å². The van der Waals surface area contributed by atoms with Crippen molar-refractivity contribution in [1.82, 2.24) is 10.3 Å². The third-order valence-electron chi connectivity index (χ3n) is 3.92. The Morgan fingerprint density at radius 2 is 1.85 bits per heavy atom. The molecule has 0 aliphatic carbocycles. The molecule has 9 heteroatoms. The molecular weight excluding hydrogens is 418 g/mol. The molecular formula is C24H41N7O2. The van der Waals surface area contributed by atoms with Crippen LogP contribution in [0.15, 0.2) is 49.8 Å². The van der Waals surface area contributed by atoms with E-state index in [1.165, 1.54) is 0 Å². The molecule has 0 radical (unpaired) electrons. The normalized spacial score (nSPS) is 9.88. The van der Waals surface area contributed by atoms with Gasteiger partial charge in [-0.1, -0.05) is 19.9 Å². The van der Waals surface area contributed by atoms with Gasteiger partial charge in [-0.3, -0.25) is 20.5 Å². The second kappa shape index (κ2) is 20.5. The van der Waals surface area contributed by atoms with Gasteiger partial charge in [-0.15, -0.1) is 13.2 Å². The summed E-state index contributed by atoms with van der Waals surface area (Å²) >= 11 is 0. The van der Waals surface area contributed by atoms with Crippen LogP contribution in [0.1, 0.15) is 38.1 Å². The molecule has 1 atom stereocenters. The molecule has 1 aromatic carbocycles. The Morgan fingerprint density at radius 3 is 2.30 bits per heavy atom. The number of nitrogens with one attached hydrogen (secondary N) is 4. The first-order valence-corrected chi connectivity index (χ1v) is 10.7. The number of carbonyl (C=O) groups excluding carboxylic acids is 1. The minimum absolute atomic E-state index is 0.382. The van der Waals surface area contributed by atoms with E-state index >= 15 is 0 Å². The van der Waals surface area contributed by atoms with Gasteiger partial charge < -0.3 is 26.8 Å². The highest BCUT2D eigenvalue weighted by Crippen LogP contribution is 2.22. The summed E-state index contributed by atoms with van der Waals surface area (Å²) in [6.45, 7) is 13.6. The summed E-state index contributed by atoms with van der Waals surface area (Å²) in [7, 11) is 3.60. The molecule has 1 heterocycles. The number of pyridine rings is 1. The molecule has 9 nitrogen and oxygen atoms in total. The predicted molar refractivity (Wildman–Crippen MR) is 141 cm³/mol. The number of nitrogens with two attached hydrogens (primary N) is 2. The second-order valence-corrected chi connectivity index (χ2v) is 6.19. The van der Waals surface area contributed by atoms with Gasteiger partial charge in [0.25, 0.3) is 0 Å². The molecule has 1 aromatic heterocycles. The number of anilines is 3. The highest BCUT2D eigenvalue weighted by Gasteiger charge is 2.13. The minimum atomic E-state index is -0.487. The number of carbonyl (C=O) groups is 1. The number of nitrogens with zero attached hydrogens (tertiary/aromatic N) is 1. The quantitative estimate of drug-likeness (QED) is 0.115. The molecule has 0 saturated heterocycles. The number of benzene rings is 1. The van der Waals surface area contributed by atoms with E-state index in [4.69, 9.17) is 21.6 Å². The van der Waals surface area contributed by atoms with E-state index in [0.29, 0.717) is 12.0 Å². The van der Waals surface area contributed by atoms with Gasteiger partial charge in [0.15, 0.2) is 6.23 Å². The van der Waals surface area contributed by atoms with Gasteiger partial charge in [0, 0.05) is 31.0 Å². The first-order chi connectivity index (χ1) is 15.9. The zero-order chi connectivity index (χ0) is 25.6. The summed E-state index contributed by atoms with van der Waals surface area (Å²) in [6, 6.07) is 7.74. The first-order valence-electron chi connectivity index (χ1n) is 10.7. The van der Waals surface area contributed by atoms with Crippen molar-refractivity contribution in [1.29, 1.82) is 5.41 Å². The molecule has 2 aromatic rings. The molecule has 0 bridgehead atoms. The van der Waals surface area contributed by atoms with Gasteiger partial charge in [-0.05, 0) is 50.7 Å². The molecule has 0 saturated carbocycles. The van der Waals surface area contributed by atoms with Crippen molar-refractivity contribution < 1.29 is 9.53 Å². The van der Waals surface area contributed by atoms with Crippen LogP contribution >= 0.6 is 0 Å². The maximum absolute atomic E-state index is 10.4. The number of aryl methyl sites for hydroxylation is 1. The molecule has 8 N–H and O–H groups in total. The minimum Gasteiger partial charge on any atom is -0.452 e. The van der Waals surface area contributed by atoms with Crippen LogP contribution in [0.4, 0.5) is 17.1 Å². The molecule has 0 aliphatic rings. The van der Waals surface area contributed by atoms with E-state index < -0.39 is 6.23 Å². The average molecular weight is 460 g/mol. The van der Waals surface area contributed by atoms with Crippen molar-refractivity contribution in [3.8, 4) is 0 Å². The first kappa shape index (κ1) is 31.8. The fourth-order valence-electron chi connectivity index (χ4n) is 2.52. The van der Waals surface area contributed by atoms with Crippen molar-refractivity contribution in [3.63, 3.8) is 0 Å². The number of hydrogen-bond acceptors (Lipinski definition) is 9. The van der Waals surface area contributed by atoms with Gasteiger partial charge in [0.05, 0.1) is 17.6 Å². The second-order valence-electron chi connectivity index (χ2n) is 6.19. The Morgan fingerprint density at radius 1 is 1.21 bits per heavy atom. The zero-order valence-corrected chi connectivity index (χ0v) is 20.6. The summed E-state index contributed by atoms with van der Waals surface area (Å²) in [5.74, 6) is -0.384. The topological polar surface area (TPSA) is 151 Å². The highest BCUT2D eigenvalue weighted by molar-refractivity contribution is 6.22. The molecule has 184 valence electrons. The fraction of sp³-hybridized carbons (Fsp3) is 0.375. The SMILES string of the molecule is C=C.CCN.CCNc1ccncc1N.CCc1cc(C(NC)OC(=N)C=O)ccc1NC. The third-order valence-corrected chi connectivity index (χ3v) is 3.92. The smallest absolute Gasteiger partial charge is 0.248 e. The van der Waals surface area contributed by atoms with Crippen LogP contribution in [0, 0.1) is 5.41 Å². The fourth-order valence-corrected chi connectivity index (χ4v) is 2.52. The molecule has 0 spiro atoms. The Labute approximate surface area is 198 Å². The number of rotatable bonds is 8. The Balaban J connectivity index is 0. The van der Waals surface area contributed by atoms with Crippen LogP contribution in [0.25, 0.3) is 0 Å². The van der Waals surface area contributed by atoms with Crippen molar-refractivity contribution in [3.05, 3.63) is 60.9 Å². The van der Waals surface area contributed by atoms with E-state index in [-0.39, 0.29) is 5.90 Å². The van der Waals surface area contributed by atoms with Crippen LogP contribution in [0.2, 0.25) is 0 Å². The van der Waals surface area contributed by atoms with E-state index in [2.05, 4.69) is 41.0 Å². The third kappa shape index (κ3) is 12.9. The zero-order valence-electron chi connectivity index (χ0n) is 20.6. The van der Waals surface area contributed by atoms with Crippen LogP contribution < -0.4 is 27.4 Å². The van der Waals surface area contributed by atoms with E-state index in [1.807, 2.05) is 45.2 Å². The van der Waals surface area contributed by atoms with Gasteiger partial charge in [0.2, 0.25) is 12.2 Å². The lowest BCUT2D eigenvalue weighted by molar-refractivity contribution is -0.104. The number of nitrogen functional groups attached to an aromatic ring is 1. The summed E-state index contributed by atoms with van der Waals surface area (Å²) in [4.78, 5) is 14.3. The molecule has 33 heavy (non-hydrogen) atoms. The van der Waals surface area contributed by atoms with Crippen LogP contribution in [-0.4, -0.2) is 44.4 Å². The van der Waals surface area contributed by atoms with E-state index in [0.717, 1.165) is 42.0 Å². The number of hydrogen-bond donors (Lipinski definition) is 6. The Hall–Kier alpha value is -3.43. The number of ether oxygens (including phenoxy) is 1. The maximum Gasteiger partial charge on any atom is 0.248 e. The molecule has 0 amide bonds. The summed E-state index contributed by atoms with van der Waals surface area (Å²) < 4.78 is 5.19. The summed E-state index contributed by atoms with van der Waals surface area (Å²) in [6.07, 6.45) is 4.14. The van der Waals surface area contributed by atoms with Crippen molar-refractivity contribution in [2.75, 3.05) is 43.6 Å². The van der Waals surface area contributed by atoms with Gasteiger partial charge in [0.1, 0.15) is 0 Å². The lowest BCUT2D eigenvalue weighted by Gasteiger charge is -2.19. The van der Waals surface area contributed by atoms with Crippen molar-refractivity contribution >= 4 is 29.2 Å². The highest BCUT2D eigenvalue weighted by atomic mass is 16.5. The Bertz CT molecular complexity index is 800. The van der Waals surface area contributed by atoms with E-state index in [9.17, 15) is 4.79 Å². The summed E-state index contributed by atoms with van der Waals surface area (Å²) in [5, 5.41) is 16.4. The van der Waals surface area contributed by atoms with Crippen LogP contribution in [-0.2, 0) is 16.0 Å². The lowest BCUT2D eigenvalue weighted by atomic mass is 10.1. The van der Waals surface area contributed by atoms with Crippen molar-refractivity contribution in [2.45, 2.75) is 33.4 Å². The van der Waals surface area contributed by atoms with E-state index in [1.54, 1.807) is 19.4 Å². The molecule has 1 unspecified atom stereocenters. The summed E-state index contributed by atoms with van der Waals surface area (Å²) in [5.41, 5.74) is 15.2. The largest absolute Gasteiger partial charge is 0.452 e. The molecule has 0 fully saturated rings.